The van der Waals surface area contributed by atoms with Crippen LogP contribution in [0.1, 0.15) is 33.6 Å². The summed E-state index contributed by atoms with van der Waals surface area (Å²) in [6, 6.07) is 2.27. The minimum atomic E-state index is -0.292. The summed E-state index contributed by atoms with van der Waals surface area (Å²) >= 11 is 0. The lowest BCUT2D eigenvalue weighted by molar-refractivity contribution is 0.305. The van der Waals surface area contributed by atoms with Crippen molar-refractivity contribution < 1.29 is 0 Å². The van der Waals surface area contributed by atoms with Gasteiger partial charge in [0.25, 0.3) is 0 Å². The molecular weight excluding hydrogens is 124 g/mol. The normalized spacial score (nSPS) is 14.3. The van der Waals surface area contributed by atoms with Crippen LogP contribution in [0.2, 0.25) is 0 Å². The van der Waals surface area contributed by atoms with Crippen molar-refractivity contribution in [1.29, 1.82) is 5.26 Å². The van der Waals surface area contributed by atoms with Gasteiger partial charge in [0.1, 0.15) is 0 Å². The van der Waals surface area contributed by atoms with E-state index in [1.807, 2.05) is 20.8 Å². The molecule has 0 aliphatic rings. The maximum absolute atomic E-state index is 8.82. The second-order valence-electron chi connectivity index (χ2n) is 2.76. The van der Waals surface area contributed by atoms with Gasteiger partial charge in [-0.3, -0.25) is 0 Å². The Morgan fingerprint density at radius 1 is 1.50 bits per heavy atom. The smallest absolute Gasteiger partial charge is 0.0716 e. The second kappa shape index (κ2) is 3.58. The van der Waals surface area contributed by atoms with E-state index in [0.29, 0.717) is 0 Å². The summed E-state index contributed by atoms with van der Waals surface area (Å²) in [4.78, 5) is 0. The van der Waals surface area contributed by atoms with Crippen LogP contribution in [0, 0.1) is 16.7 Å². The number of nitriles is 1. The Morgan fingerprint density at radius 2 is 1.90 bits per heavy atom. The van der Waals surface area contributed by atoms with Crippen molar-refractivity contribution in [3.63, 3.8) is 0 Å². The quantitative estimate of drug-likeness (QED) is 0.648. The van der Waals surface area contributed by atoms with Gasteiger partial charge in [0.2, 0.25) is 0 Å². The van der Waals surface area contributed by atoms with E-state index < -0.39 is 0 Å². The summed E-state index contributed by atoms with van der Waals surface area (Å²) in [6.07, 6.45) is 1.69. The molecule has 0 bridgehead atoms. The van der Waals surface area contributed by atoms with E-state index in [4.69, 9.17) is 11.0 Å². The van der Waals surface area contributed by atoms with Crippen LogP contribution in [0.3, 0.4) is 0 Å². The van der Waals surface area contributed by atoms with Crippen molar-refractivity contribution in [1.82, 2.24) is 0 Å². The zero-order chi connectivity index (χ0) is 8.20. The molecule has 0 saturated heterocycles. The number of hydrogen-bond acceptors (Lipinski definition) is 2. The zero-order valence-electron chi connectivity index (χ0n) is 7.02. The first kappa shape index (κ1) is 9.45. The molecule has 10 heavy (non-hydrogen) atoms. The molecule has 0 aromatic rings. The monoisotopic (exact) mass is 140 g/mol. The molecule has 0 amide bonds. The van der Waals surface area contributed by atoms with E-state index in [2.05, 4.69) is 6.07 Å². The van der Waals surface area contributed by atoms with Gasteiger partial charge < -0.3 is 5.73 Å². The molecule has 0 fully saturated rings. The first-order valence-corrected chi connectivity index (χ1v) is 3.79. The summed E-state index contributed by atoms with van der Waals surface area (Å²) in [5.41, 5.74) is 5.39. The summed E-state index contributed by atoms with van der Waals surface area (Å²) in [7, 11) is 0. The van der Waals surface area contributed by atoms with Gasteiger partial charge in [-0.15, -0.1) is 0 Å². The molecule has 2 nitrogen and oxygen atoms in total. The number of nitrogens with zero attached hydrogens (tertiary/aromatic N) is 1. The highest BCUT2D eigenvalue weighted by atomic mass is 14.7. The SMILES string of the molecule is CCC(C#N)(CC)C(C)N. The molecule has 0 aromatic heterocycles. The lowest BCUT2D eigenvalue weighted by Gasteiger charge is -2.27. The van der Waals surface area contributed by atoms with Crippen molar-refractivity contribution >= 4 is 0 Å². The lowest BCUT2D eigenvalue weighted by atomic mass is 9.78. The van der Waals surface area contributed by atoms with Crippen LogP contribution in [0.25, 0.3) is 0 Å². The molecule has 0 saturated carbocycles. The highest BCUT2D eigenvalue weighted by Crippen LogP contribution is 2.27. The summed E-state index contributed by atoms with van der Waals surface area (Å²) in [6.45, 7) is 5.92. The fraction of sp³-hybridized carbons (Fsp3) is 0.875. The molecule has 0 rings (SSSR count). The van der Waals surface area contributed by atoms with Crippen LogP contribution >= 0.6 is 0 Å². The van der Waals surface area contributed by atoms with Crippen LogP contribution in [0.15, 0.2) is 0 Å². The highest BCUT2D eigenvalue weighted by Gasteiger charge is 2.29. The van der Waals surface area contributed by atoms with Crippen LogP contribution in [0.4, 0.5) is 0 Å². The van der Waals surface area contributed by atoms with Gasteiger partial charge in [-0.2, -0.15) is 5.26 Å². The number of hydrogen-bond donors (Lipinski definition) is 1. The molecule has 1 unspecified atom stereocenters. The Bertz CT molecular complexity index is 129. The minimum absolute atomic E-state index is 0.0208. The number of nitrogens with two attached hydrogens (primary N) is 1. The molecule has 1 atom stereocenters. The predicted molar refractivity (Wildman–Crippen MR) is 42.3 cm³/mol. The van der Waals surface area contributed by atoms with Crippen molar-refractivity contribution in [3.8, 4) is 6.07 Å². The van der Waals surface area contributed by atoms with Crippen molar-refractivity contribution in [2.24, 2.45) is 11.1 Å². The molecule has 0 aromatic carbocycles. The molecule has 0 aliphatic carbocycles. The molecule has 0 radical (unpaired) electrons. The third-order valence-electron chi connectivity index (χ3n) is 2.36. The van der Waals surface area contributed by atoms with Crippen LogP contribution in [-0.2, 0) is 0 Å². The first-order valence-electron chi connectivity index (χ1n) is 3.79. The van der Waals surface area contributed by atoms with Crippen molar-refractivity contribution in [3.05, 3.63) is 0 Å². The summed E-state index contributed by atoms with van der Waals surface area (Å²) < 4.78 is 0. The molecular formula is C8H16N2. The largest absolute Gasteiger partial charge is 0.327 e. The van der Waals surface area contributed by atoms with Crippen molar-refractivity contribution in [2.45, 2.75) is 39.7 Å². The van der Waals surface area contributed by atoms with E-state index in [1.165, 1.54) is 0 Å². The Morgan fingerprint density at radius 3 is 1.90 bits per heavy atom. The predicted octanol–water partition coefficient (Wildman–Crippen LogP) is 1.66. The molecule has 2 N–H and O–H groups in total. The fourth-order valence-electron chi connectivity index (χ4n) is 1.15. The average molecular weight is 140 g/mol. The standard InChI is InChI=1S/C8H16N2/c1-4-8(5-2,6-9)7(3)10/h7H,4-5,10H2,1-3H3. The van der Waals surface area contributed by atoms with Crippen molar-refractivity contribution in [2.75, 3.05) is 0 Å². The van der Waals surface area contributed by atoms with E-state index in [1.54, 1.807) is 0 Å². The van der Waals surface area contributed by atoms with Gasteiger partial charge in [0, 0.05) is 6.04 Å². The third-order valence-corrected chi connectivity index (χ3v) is 2.36. The van der Waals surface area contributed by atoms with E-state index >= 15 is 0 Å². The Hall–Kier alpha value is -0.550. The van der Waals surface area contributed by atoms with Crippen LogP contribution < -0.4 is 5.73 Å². The van der Waals surface area contributed by atoms with Crippen LogP contribution in [-0.4, -0.2) is 6.04 Å². The Balaban J connectivity index is 4.35. The van der Waals surface area contributed by atoms with Gasteiger partial charge in [-0.25, -0.2) is 0 Å². The topological polar surface area (TPSA) is 49.8 Å². The molecule has 0 aliphatic heterocycles. The zero-order valence-corrected chi connectivity index (χ0v) is 7.02. The molecule has 2 heteroatoms. The molecule has 0 heterocycles. The minimum Gasteiger partial charge on any atom is -0.327 e. The average Bonchev–Trinajstić information content (AvgIpc) is 1.92. The first-order chi connectivity index (χ1) is 4.63. The van der Waals surface area contributed by atoms with Gasteiger partial charge in [0.15, 0.2) is 0 Å². The summed E-state index contributed by atoms with van der Waals surface area (Å²) in [5, 5.41) is 8.82. The lowest BCUT2D eigenvalue weighted by Crippen LogP contribution is -2.37. The van der Waals surface area contributed by atoms with Gasteiger partial charge in [-0.1, -0.05) is 13.8 Å². The van der Waals surface area contributed by atoms with Gasteiger partial charge in [0.05, 0.1) is 11.5 Å². The second-order valence-corrected chi connectivity index (χ2v) is 2.76. The Kier molecular flexibility index (Phi) is 3.38. The molecule has 58 valence electrons. The van der Waals surface area contributed by atoms with Gasteiger partial charge in [-0.05, 0) is 19.8 Å². The van der Waals surface area contributed by atoms with E-state index in [-0.39, 0.29) is 11.5 Å². The number of rotatable bonds is 3. The summed E-state index contributed by atoms with van der Waals surface area (Å²) in [5.74, 6) is 0. The maximum Gasteiger partial charge on any atom is 0.0716 e. The third kappa shape index (κ3) is 1.48. The van der Waals surface area contributed by atoms with Crippen LogP contribution in [0.5, 0.6) is 0 Å². The van der Waals surface area contributed by atoms with E-state index in [0.717, 1.165) is 12.8 Å². The maximum atomic E-state index is 8.82. The fourth-order valence-corrected chi connectivity index (χ4v) is 1.15. The Labute approximate surface area is 63.0 Å². The van der Waals surface area contributed by atoms with Gasteiger partial charge >= 0.3 is 0 Å². The van der Waals surface area contributed by atoms with E-state index in [9.17, 15) is 0 Å². The highest BCUT2D eigenvalue weighted by molar-refractivity contribution is 5.02. The molecule has 0 spiro atoms.